The van der Waals surface area contributed by atoms with Gasteiger partial charge in [0.25, 0.3) is 0 Å². The van der Waals surface area contributed by atoms with Crippen LogP contribution in [-0.2, 0) is 14.3 Å². The molecule has 10 nitrogen and oxygen atoms in total. The van der Waals surface area contributed by atoms with E-state index in [-0.39, 0.29) is 19.2 Å². The highest BCUT2D eigenvalue weighted by Gasteiger charge is 2.25. The zero-order valence-electron chi connectivity index (χ0n) is 19.5. The first-order chi connectivity index (χ1) is 16.1. The summed E-state index contributed by atoms with van der Waals surface area (Å²) in [6.45, 7) is 1.79. The molecule has 1 aliphatic carbocycles. The van der Waals surface area contributed by atoms with Crippen LogP contribution in [0, 0.1) is 0 Å². The average molecular weight is 464 g/mol. The Hall–Kier alpha value is -2.30. The van der Waals surface area contributed by atoms with Crippen LogP contribution in [0.3, 0.4) is 0 Å². The highest BCUT2D eigenvalue weighted by molar-refractivity contribution is 5.82. The van der Waals surface area contributed by atoms with Gasteiger partial charge in [0.15, 0.2) is 23.2 Å². The van der Waals surface area contributed by atoms with E-state index in [1.165, 1.54) is 38.3 Å². The minimum absolute atomic E-state index is 0.0680. The molecule has 1 saturated carbocycles. The summed E-state index contributed by atoms with van der Waals surface area (Å²) < 4.78 is 12.6. The van der Waals surface area contributed by atoms with Gasteiger partial charge in [-0.3, -0.25) is 9.36 Å². The van der Waals surface area contributed by atoms with Crippen LogP contribution in [0.4, 0.5) is 5.82 Å². The van der Waals surface area contributed by atoms with Gasteiger partial charge in [-0.2, -0.15) is 0 Å². The first kappa shape index (κ1) is 25.3. The lowest BCUT2D eigenvalue weighted by atomic mass is 10.1. The number of aliphatic hydroxyl groups is 2. The van der Waals surface area contributed by atoms with Crippen LogP contribution in [0.15, 0.2) is 12.7 Å². The Morgan fingerprint density at radius 2 is 1.97 bits per heavy atom. The number of nitrogens with zero attached hydrogens (tertiary/aromatic N) is 4. The van der Waals surface area contributed by atoms with Crippen LogP contribution in [-0.4, -0.2) is 67.7 Å². The van der Waals surface area contributed by atoms with Crippen molar-refractivity contribution < 1.29 is 24.5 Å². The summed E-state index contributed by atoms with van der Waals surface area (Å²) >= 11 is 0. The predicted molar refractivity (Wildman–Crippen MR) is 124 cm³/mol. The molecule has 0 radical (unpaired) electrons. The molecule has 1 fully saturated rings. The van der Waals surface area contributed by atoms with Crippen molar-refractivity contribution in [2.24, 2.45) is 0 Å². The van der Waals surface area contributed by atoms with Crippen LogP contribution in [0.2, 0.25) is 0 Å². The molecule has 2 aromatic rings. The molecule has 2 heterocycles. The van der Waals surface area contributed by atoms with E-state index in [1.807, 2.05) is 0 Å². The molecule has 0 spiro atoms. The smallest absolute Gasteiger partial charge is 0.305 e. The van der Waals surface area contributed by atoms with E-state index in [4.69, 9.17) is 9.47 Å². The van der Waals surface area contributed by atoms with Gasteiger partial charge < -0.3 is 25.0 Å². The molecule has 3 N–H and O–H groups in total. The van der Waals surface area contributed by atoms with Crippen LogP contribution in [0.25, 0.3) is 11.2 Å². The fourth-order valence-electron chi connectivity index (χ4n) is 4.14. The van der Waals surface area contributed by atoms with Crippen molar-refractivity contribution in [3.05, 3.63) is 12.7 Å². The summed E-state index contributed by atoms with van der Waals surface area (Å²) in [6, 6.07) is 0.365. The molecule has 33 heavy (non-hydrogen) atoms. The largest absolute Gasteiger partial charge is 0.463 e. The minimum atomic E-state index is -1.20. The van der Waals surface area contributed by atoms with E-state index in [2.05, 4.69) is 27.2 Å². The number of esters is 1. The number of rotatable bonds is 15. The topological polar surface area (TPSA) is 132 Å². The van der Waals surface area contributed by atoms with Gasteiger partial charge in [-0.15, -0.1) is 0 Å². The van der Waals surface area contributed by atoms with Gasteiger partial charge in [-0.1, -0.05) is 45.4 Å². The molecule has 2 unspecified atom stereocenters. The molecule has 2 aromatic heterocycles. The second kappa shape index (κ2) is 13.4. The third kappa shape index (κ3) is 7.35. The Morgan fingerprint density at radius 1 is 1.18 bits per heavy atom. The number of hydrogen-bond acceptors (Lipinski definition) is 9. The number of aromatic nitrogens is 4. The summed E-state index contributed by atoms with van der Waals surface area (Å²) in [4.78, 5) is 25.0. The molecule has 0 saturated heterocycles. The zero-order chi connectivity index (χ0) is 23.5. The Kier molecular flexibility index (Phi) is 10.3. The SMILES string of the molecule is CCCCCCCC(=O)OCCOC(C(O)CO)n1cnc2c(NC3CCCC3)ncnc21. The summed E-state index contributed by atoms with van der Waals surface area (Å²) in [6.07, 6.45) is 11.2. The second-order valence-corrected chi connectivity index (χ2v) is 8.57. The second-order valence-electron chi connectivity index (χ2n) is 8.57. The predicted octanol–water partition coefficient (Wildman–Crippen LogP) is 2.95. The first-order valence-electron chi connectivity index (χ1n) is 12.1. The first-order valence-corrected chi connectivity index (χ1v) is 12.1. The summed E-state index contributed by atoms with van der Waals surface area (Å²) in [5, 5.41) is 23.3. The van der Waals surface area contributed by atoms with Crippen molar-refractivity contribution in [2.75, 3.05) is 25.1 Å². The van der Waals surface area contributed by atoms with Crippen molar-refractivity contribution >= 4 is 23.0 Å². The lowest BCUT2D eigenvalue weighted by molar-refractivity contribution is -0.149. The number of hydrogen-bond donors (Lipinski definition) is 3. The van der Waals surface area contributed by atoms with E-state index >= 15 is 0 Å². The Balaban J connectivity index is 1.56. The van der Waals surface area contributed by atoms with Gasteiger partial charge in [-0.05, 0) is 19.3 Å². The monoisotopic (exact) mass is 463 g/mol. The van der Waals surface area contributed by atoms with E-state index in [9.17, 15) is 15.0 Å². The summed E-state index contributed by atoms with van der Waals surface area (Å²) in [5.74, 6) is 0.397. The fraction of sp³-hybridized carbons (Fsp3) is 0.739. The standard InChI is InChI=1S/C23H37N5O5/c1-2-3-4-5-6-11-19(31)32-12-13-33-23(18(30)14-29)28-16-26-20-21(24-15-25-22(20)28)27-17-9-7-8-10-17/h15-18,23,29-30H,2-14H2,1H3,(H,24,25,27). The molecule has 0 bridgehead atoms. The van der Waals surface area contributed by atoms with E-state index in [0.717, 1.165) is 32.1 Å². The van der Waals surface area contributed by atoms with Crippen LogP contribution < -0.4 is 5.32 Å². The Labute approximate surface area is 194 Å². The van der Waals surface area contributed by atoms with Crippen molar-refractivity contribution in [1.29, 1.82) is 0 Å². The van der Waals surface area contributed by atoms with E-state index < -0.39 is 18.9 Å². The van der Waals surface area contributed by atoms with Crippen molar-refractivity contribution in [3.63, 3.8) is 0 Å². The van der Waals surface area contributed by atoms with Gasteiger partial charge in [0.1, 0.15) is 19.0 Å². The minimum Gasteiger partial charge on any atom is -0.463 e. The number of unbranched alkanes of at least 4 members (excludes halogenated alkanes) is 4. The van der Waals surface area contributed by atoms with E-state index in [1.54, 1.807) is 4.57 Å². The Morgan fingerprint density at radius 3 is 2.73 bits per heavy atom. The number of imidazole rings is 1. The van der Waals surface area contributed by atoms with Crippen molar-refractivity contribution in [1.82, 2.24) is 19.5 Å². The van der Waals surface area contributed by atoms with Gasteiger partial charge in [0, 0.05) is 12.5 Å². The van der Waals surface area contributed by atoms with Gasteiger partial charge in [0.05, 0.1) is 19.5 Å². The van der Waals surface area contributed by atoms with Gasteiger partial charge in [-0.25, -0.2) is 15.0 Å². The highest BCUT2D eigenvalue weighted by Crippen LogP contribution is 2.27. The fourth-order valence-corrected chi connectivity index (χ4v) is 4.14. The molecule has 2 atom stereocenters. The molecule has 10 heteroatoms. The summed E-state index contributed by atoms with van der Waals surface area (Å²) in [7, 11) is 0. The van der Waals surface area contributed by atoms with Gasteiger partial charge >= 0.3 is 5.97 Å². The highest BCUT2D eigenvalue weighted by atomic mass is 16.6. The molecule has 3 rings (SSSR count). The number of carbonyl (C=O) groups is 1. The summed E-state index contributed by atoms with van der Waals surface area (Å²) in [5.41, 5.74) is 1.07. The zero-order valence-corrected chi connectivity index (χ0v) is 19.5. The third-order valence-electron chi connectivity index (χ3n) is 5.96. The molecule has 1 aliphatic rings. The average Bonchev–Trinajstić information content (AvgIpc) is 3.49. The lowest BCUT2D eigenvalue weighted by Gasteiger charge is -2.23. The number of anilines is 1. The number of aliphatic hydroxyl groups excluding tert-OH is 2. The maximum Gasteiger partial charge on any atom is 0.305 e. The third-order valence-corrected chi connectivity index (χ3v) is 5.96. The molecule has 0 aromatic carbocycles. The lowest BCUT2D eigenvalue weighted by Crippen LogP contribution is -2.30. The number of ether oxygens (including phenoxy) is 2. The number of nitrogens with one attached hydrogen (secondary N) is 1. The Bertz CT molecular complexity index is 855. The molecule has 184 valence electrons. The maximum atomic E-state index is 11.9. The number of fused-ring (bicyclic) bond motifs is 1. The quantitative estimate of drug-likeness (QED) is 0.269. The number of carbonyl (C=O) groups excluding carboxylic acids is 1. The van der Waals surface area contributed by atoms with E-state index in [0.29, 0.717) is 29.4 Å². The van der Waals surface area contributed by atoms with Crippen LogP contribution in [0.5, 0.6) is 0 Å². The molecule has 0 amide bonds. The normalized spacial score (nSPS) is 16.2. The van der Waals surface area contributed by atoms with Crippen LogP contribution >= 0.6 is 0 Å². The molecule has 0 aliphatic heterocycles. The van der Waals surface area contributed by atoms with Crippen LogP contribution in [0.1, 0.15) is 77.4 Å². The van der Waals surface area contributed by atoms with Crippen molar-refractivity contribution in [2.45, 2.75) is 89.5 Å². The molecular formula is C23H37N5O5. The van der Waals surface area contributed by atoms with Gasteiger partial charge in [0.2, 0.25) is 0 Å². The van der Waals surface area contributed by atoms with Crippen molar-refractivity contribution in [3.8, 4) is 0 Å². The molecular weight excluding hydrogens is 426 g/mol. The maximum absolute atomic E-state index is 11.9.